The Balaban J connectivity index is 1.46. The number of benzene rings is 2. The fraction of sp³-hybridized carbons (Fsp3) is 0.292. The molecule has 5 rings (SSSR count). The summed E-state index contributed by atoms with van der Waals surface area (Å²) in [6.07, 6.45) is 1.62. The van der Waals surface area contributed by atoms with Crippen LogP contribution in [0.1, 0.15) is 5.56 Å². The van der Waals surface area contributed by atoms with Crippen molar-refractivity contribution in [2.24, 2.45) is 0 Å². The van der Waals surface area contributed by atoms with Gasteiger partial charge >= 0.3 is 6.03 Å². The van der Waals surface area contributed by atoms with Gasteiger partial charge in [0.1, 0.15) is 11.4 Å². The number of carbonyl (C=O) groups excluding carboxylic acids is 1. The van der Waals surface area contributed by atoms with Gasteiger partial charge in [-0.3, -0.25) is 0 Å². The summed E-state index contributed by atoms with van der Waals surface area (Å²) in [5.41, 5.74) is 5.66. The summed E-state index contributed by atoms with van der Waals surface area (Å²) in [6, 6.07) is 11.7. The van der Waals surface area contributed by atoms with Gasteiger partial charge in [0, 0.05) is 43.5 Å². The van der Waals surface area contributed by atoms with Crippen molar-refractivity contribution in [3.63, 3.8) is 0 Å². The fourth-order valence-corrected chi connectivity index (χ4v) is 4.20. The lowest BCUT2D eigenvalue weighted by molar-refractivity contribution is 0.262. The van der Waals surface area contributed by atoms with E-state index in [1.54, 1.807) is 13.3 Å². The Morgan fingerprint density at radius 2 is 1.91 bits per heavy atom. The number of hydrogen-bond donors (Lipinski definition) is 3. The van der Waals surface area contributed by atoms with Crippen molar-refractivity contribution in [2.45, 2.75) is 6.92 Å². The minimum Gasteiger partial charge on any atom is -0.494 e. The van der Waals surface area contributed by atoms with Crippen LogP contribution in [0.2, 0.25) is 0 Å². The molecule has 0 saturated carbocycles. The molecule has 2 amide bonds. The summed E-state index contributed by atoms with van der Waals surface area (Å²) >= 11 is 0. The van der Waals surface area contributed by atoms with Gasteiger partial charge < -0.3 is 30.5 Å². The van der Waals surface area contributed by atoms with Crippen LogP contribution in [0.25, 0.3) is 11.3 Å². The highest BCUT2D eigenvalue weighted by Crippen LogP contribution is 2.38. The third-order valence-electron chi connectivity index (χ3n) is 6.10. The van der Waals surface area contributed by atoms with E-state index >= 15 is 0 Å². The van der Waals surface area contributed by atoms with E-state index in [1.165, 1.54) is 0 Å². The molecule has 0 bridgehead atoms. The SMILES string of the molecule is COc1cc(N2CCN(C)CC2)ccc1Nc1ncc2c(n1)-c1cccc(C)c1NC(=O)N2. The molecule has 2 aliphatic heterocycles. The van der Waals surface area contributed by atoms with Crippen molar-refractivity contribution in [1.82, 2.24) is 14.9 Å². The molecule has 170 valence electrons. The average Bonchev–Trinajstić information content (AvgIpc) is 2.96. The number of methoxy groups -OCH3 is 1. The number of likely N-dealkylation sites (N-methyl/N-ethyl adjacent to an activating group) is 1. The molecule has 3 heterocycles. The van der Waals surface area contributed by atoms with Gasteiger partial charge in [-0.15, -0.1) is 0 Å². The average molecular weight is 446 g/mol. The second-order valence-electron chi connectivity index (χ2n) is 8.33. The first-order valence-electron chi connectivity index (χ1n) is 11.0. The van der Waals surface area contributed by atoms with Crippen LogP contribution in [0.3, 0.4) is 0 Å². The first-order chi connectivity index (χ1) is 16.0. The van der Waals surface area contributed by atoms with E-state index in [9.17, 15) is 4.79 Å². The van der Waals surface area contributed by atoms with E-state index in [0.717, 1.165) is 60.1 Å². The van der Waals surface area contributed by atoms with Crippen molar-refractivity contribution >= 4 is 34.7 Å². The molecule has 0 aliphatic carbocycles. The number of amides is 2. The lowest BCUT2D eigenvalue weighted by Crippen LogP contribution is -2.44. The molecule has 3 aromatic rings. The normalized spacial score (nSPS) is 15.6. The van der Waals surface area contributed by atoms with Crippen LogP contribution in [0, 0.1) is 6.92 Å². The maximum Gasteiger partial charge on any atom is 0.323 e. The van der Waals surface area contributed by atoms with Crippen molar-refractivity contribution < 1.29 is 9.53 Å². The predicted octanol–water partition coefficient (Wildman–Crippen LogP) is 3.91. The molecule has 1 fully saturated rings. The van der Waals surface area contributed by atoms with Crippen LogP contribution < -0.4 is 25.6 Å². The fourth-order valence-electron chi connectivity index (χ4n) is 4.20. The van der Waals surface area contributed by atoms with E-state index in [-0.39, 0.29) is 6.03 Å². The molecule has 0 unspecified atom stereocenters. The van der Waals surface area contributed by atoms with Gasteiger partial charge in [0.15, 0.2) is 0 Å². The molecule has 0 atom stereocenters. The zero-order valence-electron chi connectivity index (χ0n) is 19.0. The summed E-state index contributed by atoms with van der Waals surface area (Å²) in [7, 11) is 3.80. The highest BCUT2D eigenvalue weighted by molar-refractivity contribution is 6.08. The van der Waals surface area contributed by atoms with Gasteiger partial charge in [0.05, 0.1) is 30.4 Å². The number of aryl methyl sites for hydroxylation is 1. The third kappa shape index (κ3) is 4.14. The summed E-state index contributed by atoms with van der Waals surface area (Å²) < 4.78 is 5.67. The predicted molar refractivity (Wildman–Crippen MR) is 131 cm³/mol. The molecule has 33 heavy (non-hydrogen) atoms. The number of urea groups is 1. The second kappa shape index (κ2) is 8.59. The van der Waals surface area contributed by atoms with Gasteiger partial charge in [0.25, 0.3) is 0 Å². The minimum absolute atomic E-state index is 0.310. The maximum absolute atomic E-state index is 12.3. The maximum atomic E-state index is 12.3. The number of rotatable bonds is 4. The standard InChI is InChI=1S/C24H27N7O2/c1-15-5-4-6-17-21(15)29-24(32)27-19-14-25-23(28-22(17)19)26-18-8-7-16(13-20(18)33-3)31-11-9-30(2)10-12-31/h4-8,13-14H,9-12H2,1-3H3,(H,25,26,28)(H2,27,29,32). The van der Waals surface area contributed by atoms with E-state index in [0.29, 0.717) is 17.3 Å². The molecule has 2 aliphatic rings. The van der Waals surface area contributed by atoms with E-state index in [4.69, 9.17) is 9.72 Å². The van der Waals surface area contributed by atoms with Crippen LogP contribution in [0.4, 0.5) is 33.5 Å². The molecule has 0 spiro atoms. The van der Waals surface area contributed by atoms with Crippen molar-refractivity contribution in [3.05, 3.63) is 48.2 Å². The number of ether oxygens (including phenoxy) is 1. The van der Waals surface area contributed by atoms with E-state index in [1.807, 2.05) is 37.3 Å². The molecular formula is C24H27N7O2. The van der Waals surface area contributed by atoms with Crippen molar-refractivity contribution in [2.75, 3.05) is 61.2 Å². The zero-order chi connectivity index (χ0) is 22.9. The van der Waals surface area contributed by atoms with Gasteiger partial charge in [-0.2, -0.15) is 0 Å². The molecule has 9 nitrogen and oxygen atoms in total. The lowest BCUT2D eigenvalue weighted by Gasteiger charge is -2.34. The van der Waals surface area contributed by atoms with Gasteiger partial charge in [-0.05, 0) is 31.7 Å². The summed E-state index contributed by atoms with van der Waals surface area (Å²) in [4.78, 5) is 26.1. The number of nitrogens with one attached hydrogen (secondary N) is 3. The topological polar surface area (TPSA) is 94.7 Å². The second-order valence-corrected chi connectivity index (χ2v) is 8.33. The quantitative estimate of drug-likeness (QED) is 0.560. The molecule has 0 radical (unpaired) electrons. The minimum atomic E-state index is -0.310. The molecule has 1 saturated heterocycles. The highest BCUT2D eigenvalue weighted by atomic mass is 16.5. The first-order valence-corrected chi connectivity index (χ1v) is 11.0. The van der Waals surface area contributed by atoms with Crippen molar-refractivity contribution in [3.8, 4) is 17.0 Å². The van der Waals surface area contributed by atoms with Crippen LogP contribution in [-0.4, -0.2) is 61.2 Å². The Labute approximate surface area is 192 Å². The summed E-state index contributed by atoms with van der Waals surface area (Å²) in [5.74, 6) is 1.14. The van der Waals surface area contributed by atoms with Crippen LogP contribution in [0.5, 0.6) is 5.75 Å². The number of para-hydroxylation sites is 1. The number of aromatic nitrogens is 2. The van der Waals surface area contributed by atoms with Gasteiger partial charge in [-0.1, -0.05) is 18.2 Å². The molecule has 3 N–H and O–H groups in total. The summed E-state index contributed by atoms with van der Waals surface area (Å²) in [5, 5.41) is 9.00. The molecule has 1 aromatic heterocycles. The Bertz CT molecular complexity index is 1210. The number of hydrogen-bond acceptors (Lipinski definition) is 7. The Morgan fingerprint density at radius 1 is 1.09 bits per heavy atom. The van der Waals surface area contributed by atoms with Crippen LogP contribution in [0.15, 0.2) is 42.6 Å². The van der Waals surface area contributed by atoms with Crippen LogP contribution >= 0.6 is 0 Å². The third-order valence-corrected chi connectivity index (χ3v) is 6.10. The monoisotopic (exact) mass is 445 g/mol. The molecule has 9 heteroatoms. The number of anilines is 5. The van der Waals surface area contributed by atoms with Crippen molar-refractivity contribution in [1.29, 1.82) is 0 Å². The largest absolute Gasteiger partial charge is 0.494 e. The smallest absolute Gasteiger partial charge is 0.323 e. The van der Waals surface area contributed by atoms with E-state index in [2.05, 4.69) is 43.8 Å². The Hall–Kier alpha value is -3.85. The number of nitrogens with zero attached hydrogens (tertiary/aromatic N) is 4. The van der Waals surface area contributed by atoms with E-state index < -0.39 is 0 Å². The Kier molecular flexibility index (Phi) is 5.47. The zero-order valence-corrected chi connectivity index (χ0v) is 19.0. The van der Waals surface area contributed by atoms with Gasteiger partial charge in [0.2, 0.25) is 5.95 Å². The molecule has 2 aromatic carbocycles. The lowest BCUT2D eigenvalue weighted by atomic mass is 10.0. The van der Waals surface area contributed by atoms with Crippen LogP contribution in [-0.2, 0) is 0 Å². The number of carbonyl (C=O) groups is 1. The molecular weight excluding hydrogens is 418 g/mol. The Morgan fingerprint density at radius 3 is 2.70 bits per heavy atom. The van der Waals surface area contributed by atoms with Gasteiger partial charge in [-0.25, -0.2) is 14.8 Å². The summed E-state index contributed by atoms with van der Waals surface area (Å²) in [6.45, 7) is 6.00. The number of piperazine rings is 1. The first kappa shape index (κ1) is 21.0. The highest BCUT2D eigenvalue weighted by Gasteiger charge is 2.22. The number of fused-ring (bicyclic) bond motifs is 3.